The molecule has 0 aliphatic carbocycles. The molecule has 90 valence electrons. The molecule has 0 amide bonds. The van der Waals surface area contributed by atoms with Crippen molar-refractivity contribution in [3.8, 4) is 0 Å². The Morgan fingerprint density at radius 2 is 2.06 bits per heavy atom. The third kappa shape index (κ3) is 2.91. The Bertz CT molecular complexity index is 352. The SMILES string of the molecule is CCOOCc1nnc(C(=O)OCC)n1N. The number of hydrogen-bond acceptors (Lipinski definition) is 7. The molecule has 0 unspecified atom stereocenters. The Labute approximate surface area is 92.2 Å². The van der Waals surface area contributed by atoms with Gasteiger partial charge in [-0.2, -0.15) is 0 Å². The first kappa shape index (κ1) is 12.4. The van der Waals surface area contributed by atoms with Crippen LogP contribution in [0.1, 0.15) is 30.3 Å². The molecule has 16 heavy (non-hydrogen) atoms. The highest BCUT2D eigenvalue weighted by Gasteiger charge is 2.18. The van der Waals surface area contributed by atoms with Gasteiger partial charge in [0.2, 0.25) is 0 Å². The molecular weight excluding hydrogens is 216 g/mol. The molecule has 0 spiro atoms. The van der Waals surface area contributed by atoms with E-state index in [2.05, 4.69) is 15.1 Å². The predicted octanol–water partition coefficient (Wildman–Crippen LogP) is -0.363. The van der Waals surface area contributed by atoms with E-state index in [9.17, 15) is 4.79 Å². The van der Waals surface area contributed by atoms with Crippen molar-refractivity contribution < 1.29 is 19.3 Å². The maximum atomic E-state index is 11.3. The zero-order valence-corrected chi connectivity index (χ0v) is 9.17. The molecule has 0 radical (unpaired) electrons. The van der Waals surface area contributed by atoms with Gasteiger partial charge in [0.15, 0.2) is 5.82 Å². The van der Waals surface area contributed by atoms with Crippen molar-refractivity contribution in [1.29, 1.82) is 0 Å². The minimum Gasteiger partial charge on any atom is -0.460 e. The van der Waals surface area contributed by atoms with Gasteiger partial charge in [-0.1, -0.05) is 0 Å². The van der Waals surface area contributed by atoms with E-state index < -0.39 is 5.97 Å². The molecule has 0 fully saturated rings. The molecule has 0 aliphatic rings. The van der Waals surface area contributed by atoms with Crippen LogP contribution in [0.3, 0.4) is 0 Å². The van der Waals surface area contributed by atoms with Crippen molar-refractivity contribution in [2.24, 2.45) is 0 Å². The van der Waals surface area contributed by atoms with Gasteiger partial charge in [-0.3, -0.25) is 0 Å². The molecule has 0 aliphatic heterocycles. The van der Waals surface area contributed by atoms with Gasteiger partial charge in [0.1, 0.15) is 6.61 Å². The van der Waals surface area contributed by atoms with Crippen LogP contribution in [0.4, 0.5) is 0 Å². The van der Waals surface area contributed by atoms with Gasteiger partial charge in [0, 0.05) is 0 Å². The number of ether oxygens (including phenoxy) is 1. The zero-order chi connectivity index (χ0) is 12.0. The first-order valence-corrected chi connectivity index (χ1v) is 4.81. The molecule has 2 N–H and O–H groups in total. The Morgan fingerprint density at radius 1 is 1.31 bits per heavy atom. The number of nitrogen functional groups attached to an aromatic ring is 1. The van der Waals surface area contributed by atoms with Gasteiger partial charge in [0.05, 0.1) is 13.2 Å². The highest BCUT2D eigenvalue weighted by atomic mass is 17.2. The van der Waals surface area contributed by atoms with E-state index in [0.29, 0.717) is 6.61 Å². The summed E-state index contributed by atoms with van der Waals surface area (Å²) in [7, 11) is 0. The summed E-state index contributed by atoms with van der Waals surface area (Å²) in [5.41, 5.74) is 0. The number of nitrogens with two attached hydrogens (primary N) is 1. The van der Waals surface area contributed by atoms with Crippen LogP contribution in [0.25, 0.3) is 0 Å². The molecule has 8 nitrogen and oxygen atoms in total. The average Bonchev–Trinajstić information content (AvgIpc) is 2.61. The fourth-order valence-corrected chi connectivity index (χ4v) is 0.935. The molecule has 0 atom stereocenters. The number of carbonyl (C=O) groups is 1. The fourth-order valence-electron chi connectivity index (χ4n) is 0.935. The normalized spacial score (nSPS) is 10.4. The van der Waals surface area contributed by atoms with Crippen molar-refractivity contribution in [1.82, 2.24) is 14.9 Å². The topological polar surface area (TPSA) is 101 Å². The molecule has 1 aromatic rings. The highest BCUT2D eigenvalue weighted by Crippen LogP contribution is 2.01. The molecule has 0 saturated carbocycles. The Morgan fingerprint density at radius 3 is 2.69 bits per heavy atom. The van der Waals surface area contributed by atoms with E-state index in [4.69, 9.17) is 15.5 Å². The Balaban J connectivity index is 2.64. The summed E-state index contributed by atoms with van der Waals surface area (Å²) in [6, 6.07) is 0. The molecular formula is C8H14N4O4. The van der Waals surface area contributed by atoms with Crippen molar-refractivity contribution in [2.75, 3.05) is 19.1 Å². The molecule has 0 bridgehead atoms. The molecule has 8 heteroatoms. The lowest BCUT2D eigenvalue weighted by atomic mass is 10.6. The van der Waals surface area contributed by atoms with Crippen LogP contribution >= 0.6 is 0 Å². The van der Waals surface area contributed by atoms with E-state index in [0.717, 1.165) is 4.68 Å². The maximum absolute atomic E-state index is 11.3. The van der Waals surface area contributed by atoms with Crippen molar-refractivity contribution in [3.63, 3.8) is 0 Å². The number of aromatic nitrogens is 3. The number of carbonyl (C=O) groups excluding carboxylic acids is 1. The van der Waals surface area contributed by atoms with Gasteiger partial charge in [0.25, 0.3) is 5.82 Å². The molecule has 0 saturated heterocycles. The molecule has 1 heterocycles. The second-order valence-corrected chi connectivity index (χ2v) is 2.70. The fraction of sp³-hybridized carbons (Fsp3) is 0.625. The summed E-state index contributed by atoms with van der Waals surface area (Å²) in [6.45, 7) is 4.13. The van der Waals surface area contributed by atoms with Crippen LogP contribution in [-0.4, -0.2) is 34.1 Å². The summed E-state index contributed by atoms with van der Waals surface area (Å²) in [5, 5.41) is 7.26. The van der Waals surface area contributed by atoms with Crippen molar-refractivity contribution in [3.05, 3.63) is 11.6 Å². The van der Waals surface area contributed by atoms with Crippen LogP contribution < -0.4 is 5.84 Å². The van der Waals surface area contributed by atoms with Crippen LogP contribution in [0, 0.1) is 0 Å². The largest absolute Gasteiger partial charge is 0.460 e. The lowest BCUT2D eigenvalue weighted by Gasteiger charge is -2.03. The van der Waals surface area contributed by atoms with E-state index in [1.807, 2.05) is 0 Å². The van der Waals surface area contributed by atoms with Gasteiger partial charge in [-0.05, 0) is 13.8 Å². The summed E-state index contributed by atoms with van der Waals surface area (Å²) < 4.78 is 5.74. The Hall–Kier alpha value is -1.67. The van der Waals surface area contributed by atoms with E-state index in [-0.39, 0.29) is 24.9 Å². The second-order valence-electron chi connectivity index (χ2n) is 2.70. The minimum atomic E-state index is -0.625. The first-order chi connectivity index (χ1) is 7.70. The Kier molecular flexibility index (Phi) is 4.67. The van der Waals surface area contributed by atoms with E-state index in [1.54, 1.807) is 13.8 Å². The van der Waals surface area contributed by atoms with Crippen LogP contribution in [0.5, 0.6) is 0 Å². The van der Waals surface area contributed by atoms with Gasteiger partial charge in [-0.25, -0.2) is 19.2 Å². The van der Waals surface area contributed by atoms with Crippen LogP contribution in [-0.2, 0) is 21.1 Å². The number of nitrogens with zero attached hydrogens (tertiary/aromatic N) is 3. The first-order valence-electron chi connectivity index (χ1n) is 4.81. The molecule has 0 aromatic carbocycles. The highest BCUT2D eigenvalue weighted by molar-refractivity contribution is 5.85. The second kappa shape index (κ2) is 6.03. The van der Waals surface area contributed by atoms with Gasteiger partial charge < -0.3 is 10.6 Å². The number of esters is 1. The van der Waals surface area contributed by atoms with Crippen molar-refractivity contribution in [2.45, 2.75) is 20.5 Å². The number of rotatable bonds is 6. The third-order valence-electron chi connectivity index (χ3n) is 1.61. The summed E-state index contributed by atoms with van der Waals surface area (Å²) in [4.78, 5) is 20.7. The maximum Gasteiger partial charge on any atom is 0.378 e. The van der Waals surface area contributed by atoms with Crippen LogP contribution in [0.2, 0.25) is 0 Å². The quantitative estimate of drug-likeness (QED) is 0.234. The molecule has 1 rings (SSSR count). The van der Waals surface area contributed by atoms with Gasteiger partial charge >= 0.3 is 5.97 Å². The molecule has 1 aromatic heterocycles. The third-order valence-corrected chi connectivity index (χ3v) is 1.61. The standard InChI is InChI=1S/C8H14N4O4/c1-3-14-8(13)7-11-10-6(12(7)9)5-16-15-4-2/h3-5,9H2,1-2H3. The summed E-state index contributed by atoms with van der Waals surface area (Å²) in [5.74, 6) is 5.15. The van der Waals surface area contributed by atoms with Crippen molar-refractivity contribution >= 4 is 5.97 Å². The van der Waals surface area contributed by atoms with Gasteiger partial charge in [-0.15, -0.1) is 10.2 Å². The minimum absolute atomic E-state index is 0.0107. The summed E-state index contributed by atoms with van der Waals surface area (Å²) >= 11 is 0. The van der Waals surface area contributed by atoms with Crippen LogP contribution in [0.15, 0.2) is 0 Å². The lowest BCUT2D eigenvalue weighted by molar-refractivity contribution is -0.302. The van der Waals surface area contributed by atoms with E-state index in [1.165, 1.54) is 0 Å². The average molecular weight is 230 g/mol. The summed E-state index contributed by atoms with van der Waals surface area (Å²) in [6.07, 6.45) is 0. The smallest absolute Gasteiger partial charge is 0.378 e. The lowest BCUT2D eigenvalue weighted by Crippen LogP contribution is -2.21. The zero-order valence-electron chi connectivity index (χ0n) is 9.17. The van der Waals surface area contributed by atoms with E-state index >= 15 is 0 Å². The predicted molar refractivity (Wildman–Crippen MR) is 52.5 cm³/mol. The number of hydrogen-bond donors (Lipinski definition) is 1. The monoisotopic (exact) mass is 230 g/mol.